The molecule has 0 bridgehead atoms. The molecule has 0 radical (unpaired) electrons. The Morgan fingerprint density at radius 2 is 1.67 bits per heavy atom. The fraction of sp³-hybridized carbons (Fsp3) is 0.429. The summed E-state index contributed by atoms with van der Waals surface area (Å²) in [6.45, 7) is 8.86. The van der Waals surface area contributed by atoms with Crippen molar-refractivity contribution in [2.45, 2.75) is 40.2 Å². The van der Waals surface area contributed by atoms with Crippen molar-refractivity contribution in [3.63, 3.8) is 0 Å². The molecular formula is C14H18O4. The van der Waals surface area contributed by atoms with Crippen molar-refractivity contribution < 1.29 is 19.1 Å². The van der Waals surface area contributed by atoms with E-state index in [-0.39, 0.29) is 0 Å². The van der Waals surface area contributed by atoms with Gasteiger partial charge < -0.3 is 9.47 Å². The molecule has 1 aromatic carbocycles. The Balaban J connectivity index is 2.92. The predicted octanol–water partition coefficient (Wildman–Crippen LogP) is 3.43. The van der Waals surface area contributed by atoms with Crippen LogP contribution in [0, 0.1) is 13.8 Å². The van der Waals surface area contributed by atoms with Crippen LogP contribution < -0.4 is 4.74 Å². The van der Waals surface area contributed by atoms with E-state index >= 15 is 0 Å². The largest absolute Gasteiger partial charge is 0.514 e. The monoisotopic (exact) mass is 250 g/mol. The number of hydrogen-bond acceptors (Lipinski definition) is 4. The van der Waals surface area contributed by atoms with Gasteiger partial charge in [0.05, 0.1) is 0 Å². The molecule has 0 N–H and O–H groups in total. The third-order valence-electron chi connectivity index (χ3n) is 2.19. The van der Waals surface area contributed by atoms with Gasteiger partial charge in [0.25, 0.3) is 0 Å². The molecule has 1 aromatic rings. The van der Waals surface area contributed by atoms with E-state index in [9.17, 15) is 9.59 Å². The van der Waals surface area contributed by atoms with Crippen molar-refractivity contribution in [1.29, 1.82) is 0 Å². The van der Waals surface area contributed by atoms with Gasteiger partial charge in [0, 0.05) is 5.56 Å². The van der Waals surface area contributed by atoms with Crippen molar-refractivity contribution >= 4 is 12.4 Å². The van der Waals surface area contributed by atoms with Gasteiger partial charge in [-0.1, -0.05) is 0 Å². The molecule has 1 rings (SSSR count). The number of benzene rings is 1. The molecule has 4 heteroatoms. The zero-order valence-electron chi connectivity index (χ0n) is 11.4. The second kappa shape index (κ2) is 5.21. The van der Waals surface area contributed by atoms with E-state index in [1.165, 1.54) is 0 Å². The first-order valence-electron chi connectivity index (χ1n) is 5.70. The maximum atomic E-state index is 11.6. The second-order valence-corrected chi connectivity index (χ2v) is 5.17. The van der Waals surface area contributed by atoms with E-state index in [2.05, 4.69) is 0 Å². The van der Waals surface area contributed by atoms with Crippen LogP contribution in [0.25, 0.3) is 0 Å². The molecule has 0 saturated heterocycles. The highest BCUT2D eigenvalue weighted by molar-refractivity contribution is 5.77. The molecule has 18 heavy (non-hydrogen) atoms. The predicted molar refractivity (Wildman–Crippen MR) is 68.2 cm³/mol. The maximum absolute atomic E-state index is 11.6. The number of hydrogen-bond donors (Lipinski definition) is 0. The van der Waals surface area contributed by atoms with Gasteiger partial charge in [-0.2, -0.15) is 0 Å². The molecule has 0 aromatic heterocycles. The van der Waals surface area contributed by atoms with Crippen LogP contribution in [0.4, 0.5) is 4.79 Å². The lowest BCUT2D eigenvalue weighted by Crippen LogP contribution is -2.26. The first-order valence-corrected chi connectivity index (χ1v) is 5.70. The normalized spacial score (nSPS) is 10.9. The Kier molecular flexibility index (Phi) is 4.11. The van der Waals surface area contributed by atoms with E-state index in [4.69, 9.17) is 9.47 Å². The van der Waals surface area contributed by atoms with Crippen molar-refractivity contribution in [1.82, 2.24) is 0 Å². The highest BCUT2D eigenvalue weighted by Crippen LogP contribution is 2.25. The van der Waals surface area contributed by atoms with Gasteiger partial charge in [0.2, 0.25) is 0 Å². The quantitative estimate of drug-likeness (QED) is 0.458. The molecule has 0 fully saturated rings. The topological polar surface area (TPSA) is 52.6 Å². The molecule has 0 spiro atoms. The number of carbonyl (C=O) groups excluding carboxylic acids is 2. The maximum Gasteiger partial charge on any atom is 0.514 e. The SMILES string of the molecule is Cc1cc(C=O)cc(C)c1OC(=O)OC(C)(C)C. The standard InChI is InChI=1S/C14H18O4/c1-9-6-11(8-15)7-10(2)12(9)17-13(16)18-14(3,4)5/h6-8H,1-5H3. The first-order chi connectivity index (χ1) is 8.23. The number of carbonyl (C=O) groups is 2. The van der Waals surface area contributed by atoms with Gasteiger partial charge in [-0.3, -0.25) is 4.79 Å². The minimum absolute atomic E-state index is 0.440. The fourth-order valence-electron chi connectivity index (χ4n) is 1.57. The van der Waals surface area contributed by atoms with E-state index < -0.39 is 11.8 Å². The van der Waals surface area contributed by atoms with Crippen LogP contribution in [-0.4, -0.2) is 18.0 Å². The van der Waals surface area contributed by atoms with Gasteiger partial charge in [-0.15, -0.1) is 0 Å². The Morgan fingerprint density at radius 3 is 2.06 bits per heavy atom. The van der Waals surface area contributed by atoms with Crippen molar-refractivity contribution in [2.75, 3.05) is 0 Å². The summed E-state index contributed by atoms with van der Waals surface area (Å²) in [7, 11) is 0. The molecule has 0 amide bonds. The highest BCUT2D eigenvalue weighted by Gasteiger charge is 2.19. The lowest BCUT2D eigenvalue weighted by molar-refractivity contribution is 0.0203. The number of aryl methyl sites for hydroxylation is 2. The van der Waals surface area contributed by atoms with Crippen LogP contribution >= 0.6 is 0 Å². The average molecular weight is 250 g/mol. The summed E-state index contributed by atoms with van der Waals surface area (Å²) in [6.07, 6.45) is 0.0182. The van der Waals surface area contributed by atoms with Crippen molar-refractivity contribution in [3.05, 3.63) is 28.8 Å². The average Bonchev–Trinajstić information content (AvgIpc) is 2.20. The number of rotatable bonds is 2. The van der Waals surface area contributed by atoms with E-state index in [0.717, 1.165) is 17.4 Å². The Hall–Kier alpha value is -1.84. The van der Waals surface area contributed by atoms with Crippen molar-refractivity contribution in [3.8, 4) is 5.75 Å². The molecule has 0 aliphatic carbocycles. The van der Waals surface area contributed by atoms with Gasteiger partial charge in [0.1, 0.15) is 17.6 Å². The second-order valence-electron chi connectivity index (χ2n) is 5.17. The number of ether oxygens (including phenoxy) is 2. The van der Waals surface area contributed by atoms with Gasteiger partial charge in [-0.25, -0.2) is 4.79 Å². The Labute approximate surface area is 107 Å². The van der Waals surface area contributed by atoms with Crippen LogP contribution in [0.1, 0.15) is 42.3 Å². The summed E-state index contributed by atoms with van der Waals surface area (Å²) >= 11 is 0. The zero-order chi connectivity index (χ0) is 13.9. The molecule has 0 unspecified atom stereocenters. The van der Waals surface area contributed by atoms with Gasteiger partial charge in [-0.05, 0) is 57.9 Å². The summed E-state index contributed by atoms with van der Waals surface area (Å²) in [4.78, 5) is 22.3. The Bertz CT molecular complexity index is 446. The Morgan fingerprint density at radius 1 is 1.17 bits per heavy atom. The van der Waals surface area contributed by atoms with E-state index in [0.29, 0.717) is 11.3 Å². The molecule has 0 saturated carbocycles. The minimum atomic E-state index is -0.743. The third-order valence-corrected chi connectivity index (χ3v) is 2.19. The summed E-state index contributed by atoms with van der Waals surface area (Å²) in [5.41, 5.74) is 1.41. The smallest absolute Gasteiger partial charge is 0.428 e. The molecular weight excluding hydrogens is 232 g/mol. The van der Waals surface area contributed by atoms with Crippen molar-refractivity contribution in [2.24, 2.45) is 0 Å². The van der Waals surface area contributed by atoms with Crippen LogP contribution in [0.15, 0.2) is 12.1 Å². The van der Waals surface area contributed by atoms with Gasteiger partial charge >= 0.3 is 6.16 Å². The fourth-order valence-corrected chi connectivity index (χ4v) is 1.57. The highest BCUT2D eigenvalue weighted by atomic mass is 16.7. The van der Waals surface area contributed by atoms with Crippen LogP contribution in [0.5, 0.6) is 5.75 Å². The summed E-state index contributed by atoms with van der Waals surface area (Å²) in [5, 5.41) is 0. The number of aldehydes is 1. The van der Waals surface area contributed by atoms with E-state index in [1.54, 1.807) is 46.8 Å². The molecule has 0 heterocycles. The lowest BCUT2D eigenvalue weighted by atomic mass is 10.1. The lowest BCUT2D eigenvalue weighted by Gasteiger charge is -2.19. The summed E-state index contributed by atoms with van der Waals surface area (Å²) in [5.74, 6) is 0.440. The molecule has 0 aliphatic heterocycles. The minimum Gasteiger partial charge on any atom is -0.428 e. The first kappa shape index (κ1) is 14.2. The van der Waals surface area contributed by atoms with Crippen LogP contribution in [-0.2, 0) is 4.74 Å². The third kappa shape index (κ3) is 3.87. The summed E-state index contributed by atoms with van der Waals surface area (Å²) < 4.78 is 10.3. The van der Waals surface area contributed by atoms with Crippen LogP contribution in [0.2, 0.25) is 0 Å². The zero-order valence-corrected chi connectivity index (χ0v) is 11.4. The molecule has 98 valence electrons. The molecule has 4 nitrogen and oxygen atoms in total. The molecule has 0 aliphatic rings. The van der Waals surface area contributed by atoms with Gasteiger partial charge in [0.15, 0.2) is 0 Å². The van der Waals surface area contributed by atoms with E-state index in [1.807, 2.05) is 0 Å². The van der Waals surface area contributed by atoms with Crippen LogP contribution in [0.3, 0.4) is 0 Å². The summed E-state index contributed by atoms with van der Waals surface area (Å²) in [6, 6.07) is 3.33. The molecule has 0 atom stereocenters.